The van der Waals surface area contributed by atoms with Gasteiger partial charge in [-0.3, -0.25) is 0 Å². The van der Waals surface area contributed by atoms with Crippen molar-refractivity contribution in [3.63, 3.8) is 0 Å². The quantitative estimate of drug-likeness (QED) is 0.0575. The standard InChI is InChI=1S/C15H22N2O2.4C15H22N2O.C13H16F2N2/c1-11(16(2)3)9-17-10-15(19-5)13-8-12(18-4)6-7-14(13)17;1-11-9-17(10-12(2)16(3)4)15-7-6-13(18-5)8-14(11)15;1-11-8-13-9-14(18-5)6-7-15(13)17(11)10-12(2)16(3)4;1-11-8-14-13(9-15(11)18-5)6-7-17(14)10-12(2)16(3)4;1-11(16(3)4)10-17-9-8-13-12(2)15(18-5)7-6-14(13)17;1-9(16(2)3)8-17-12-5-4-11(14)6-10(12)7-13(17)15/h6-8,10-11H,9H2,1-5H3;3*6-9,12H,10H2,1-5H3;6-9,11H,10H2,1-5H3;4-7,9H,8H2,1-3H3/t11-;3*12-;11-;9-/m111111/s1. The topological polar surface area (TPSA) is 104 Å². The van der Waals surface area contributed by atoms with Crippen LogP contribution < -0.4 is 28.4 Å². The van der Waals surface area contributed by atoms with E-state index in [4.69, 9.17) is 28.4 Å². The summed E-state index contributed by atoms with van der Waals surface area (Å²) in [5.74, 6) is 4.84. The Hall–Kier alpha value is -9.02. The van der Waals surface area contributed by atoms with Crippen molar-refractivity contribution in [1.82, 2.24) is 56.8 Å². The smallest absolute Gasteiger partial charge is 0.194 e. The van der Waals surface area contributed by atoms with E-state index >= 15 is 0 Å². The lowest BCUT2D eigenvalue weighted by Crippen LogP contribution is -2.29. The molecule has 0 fully saturated rings. The van der Waals surface area contributed by atoms with Crippen molar-refractivity contribution in [1.29, 1.82) is 0 Å². The number of methoxy groups -OCH3 is 6. The number of aryl methyl sites for hydroxylation is 4. The van der Waals surface area contributed by atoms with E-state index < -0.39 is 0 Å². The highest BCUT2D eigenvalue weighted by atomic mass is 19.1. The van der Waals surface area contributed by atoms with Gasteiger partial charge in [0.2, 0.25) is 0 Å². The number of benzene rings is 6. The molecule has 0 N–H and O–H groups in total. The third-order valence-electron chi connectivity index (χ3n) is 21.4. The minimum absolute atomic E-state index is 0.213. The van der Waals surface area contributed by atoms with Gasteiger partial charge in [-0.1, -0.05) is 0 Å². The number of halogens is 2. The summed E-state index contributed by atoms with van der Waals surface area (Å²) in [5, 5.41) is 6.74. The first kappa shape index (κ1) is 86.2. The fourth-order valence-electron chi connectivity index (χ4n) is 12.7. The van der Waals surface area contributed by atoms with Crippen molar-refractivity contribution in [3.05, 3.63) is 180 Å². The van der Waals surface area contributed by atoms with E-state index in [9.17, 15) is 8.78 Å². The van der Waals surface area contributed by atoms with E-state index in [1.54, 1.807) is 53.3 Å². The lowest BCUT2D eigenvalue weighted by Gasteiger charge is -2.21. The fraction of sp³-hybridized carbons (Fsp3) is 0.455. The zero-order valence-corrected chi connectivity index (χ0v) is 70.1. The van der Waals surface area contributed by atoms with Crippen LogP contribution in [0.15, 0.2) is 146 Å². The van der Waals surface area contributed by atoms with Crippen LogP contribution in [0.4, 0.5) is 8.78 Å². The van der Waals surface area contributed by atoms with Gasteiger partial charge in [0.1, 0.15) is 40.3 Å². The van der Waals surface area contributed by atoms with Gasteiger partial charge >= 0.3 is 0 Å². The summed E-state index contributed by atoms with van der Waals surface area (Å²) in [5.41, 5.74) is 12.0. The molecule has 0 bridgehead atoms. The summed E-state index contributed by atoms with van der Waals surface area (Å²) < 4.78 is 72.0. The monoisotopic (exact) mass is 1480 g/mol. The number of fused-ring (bicyclic) bond motifs is 6. The lowest BCUT2D eigenvalue weighted by atomic mass is 10.1. The largest absolute Gasteiger partial charge is 0.497 e. The molecule has 0 unspecified atom stereocenters. The molecule has 0 saturated heterocycles. The van der Waals surface area contributed by atoms with Crippen LogP contribution >= 0.6 is 0 Å². The molecule has 6 aromatic carbocycles. The molecule has 18 nitrogen and oxygen atoms in total. The van der Waals surface area contributed by atoms with Gasteiger partial charge in [-0.05, 0) is 280 Å². The van der Waals surface area contributed by atoms with Crippen molar-refractivity contribution in [2.24, 2.45) is 0 Å². The summed E-state index contributed by atoms with van der Waals surface area (Å²) in [6, 6.07) is 42.1. The Labute approximate surface area is 643 Å². The van der Waals surface area contributed by atoms with E-state index in [0.29, 0.717) is 42.1 Å². The predicted molar refractivity (Wildman–Crippen MR) is 449 cm³/mol. The Kier molecular flexibility index (Phi) is 31.4. The molecule has 108 heavy (non-hydrogen) atoms. The number of likely N-dealkylation sites (N-methyl/N-ethyl adjacent to an activating group) is 6. The Balaban J connectivity index is 0.000000181. The van der Waals surface area contributed by atoms with Crippen molar-refractivity contribution in [2.75, 3.05) is 127 Å². The van der Waals surface area contributed by atoms with Crippen LogP contribution in [0.5, 0.6) is 34.5 Å². The zero-order valence-electron chi connectivity index (χ0n) is 70.1. The minimum Gasteiger partial charge on any atom is -0.497 e. The van der Waals surface area contributed by atoms with Crippen LogP contribution in [-0.2, 0) is 39.3 Å². The molecule has 0 aliphatic heterocycles. The highest BCUT2D eigenvalue weighted by Crippen LogP contribution is 2.34. The van der Waals surface area contributed by atoms with Gasteiger partial charge in [0.25, 0.3) is 0 Å². The SMILES string of the molecule is COc1cc2ccn(C[C@@H](C)N(C)C)c2cc1C.COc1ccc2c(c1)c(C)cn2C[C@@H](C)N(C)C.COc1ccc2c(c1)c(OC)cn2C[C@@H](C)N(C)C.COc1ccc2c(c1)cc(C)n2C[C@@H](C)N(C)C.COc1ccc2c(ccn2C[C@@H](C)N(C)C)c1C.C[C@H](Cn1c(F)cc2cc(F)ccc21)N(C)C. The van der Waals surface area contributed by atoms with Gasteiger partial charge in [-0.15, -0.1) is 0 Å². The highest BCUT2D eigenvalue weighted by Gasteiger charge is 2.19. The van der Waals surface area contributed by atoms with Crippen LogP contribution in [0.1, 0.15) is 63.9 Å². The molecule has 0 spiro atoms. The summed E-state index contributed by atoms with van der Waals surface area (Å²) in [6.45, 7) is 27.2. The Bertz CT molecular complexity index is 4790. The molecule has 0 aliphatic carbocycles. The number of aromatic nitrogens is 6. The van der Waals surface area contributed by atoms with Gasteiger partial charge in [0, 0.05) is 172 Å². The van der Waals surface area contributed by atoms with Gasteiger partial charge in [0.05, 0.1) is 53.7 Å². The molecule has 0 radical (unpaired) electrons. The summed E-state index contributed by atoms with van der Waals surface area (Å²) in [7, 11) is 35.3. The lowest BCUT2D eigenvalue weighted by molar-refractivity contribution is 0.276. The average molecular weight is 1490 g/mol. The third-order valence-corrected chi connectivity index (χ3v) is 21.4. The second-order valence-electron chi connectivity index (χ2n) is 30.2. The first-order chi connectivity index (χ1) is 51.2. The van der Waals surface area contributed by atoms with E-state index in [0.717, 1.165) is 78.1 Å². The van der Waals surface area contributed by atoms with Crippen molar-refractivity contribution in [3.8, 4) is 34.5 Å². The van der Waals surface area contributed by atoms with Gasteiger partial charge in [-0.2, -0.15) is 4.39 Å². The van der Waals surface area contributed by atoms with Gasteiger partial charge < -0.3 is 85.2 Å². The first-order valence-electron chi connectivity index (χ1n) is 37.3. The molecule has 0 amide bonds. The second kappa shape index (κ2) is 39.4. The van der Waals surface area contributed by atoms with Gasteiger partial charge in [-0.25, -0.2) is 4.39 Å². The van der Waals surface area contributed by atoms with E-state index in [1.165, 1.54) is 89.7 Å². The van der Waals surface area contributed by atoms with Crippen LogP contribution in [0.3, 0.4) is 0 Å². The van der Waals surface area contributed by atoms with Crippen LogP contribution in [0.25, 0.3) is 65.4 Å². The third kappa shape index (κ3) is 21.9. The normalized spacial score (nSPS) is 13.2. The van der Waals surface area contributed by atoms with Crippen LogP contribution in [0, 0.1) is 39.5 Å². The molecule has 6 heterocycles. The number of ether oxygens (including phenoxy) is 6. The minimum atomic E-state index is -0.338. The van der Waals surface area contributed by atoms with Gasteiger partial charge in [0.15, 0.2) is 5.95 Å². The van der Waals surface area contributed by atoms with Crippen molar-refractivity contribution >= 4 is 65.4 Å². The van der Waals surface area contributed by atoms with E-state index in [1.807, 2.05) is 50.2 Å². The average Bonchev–Trinajstić information content (AvgIpc) is 1.69. The first-order valence-corrected chi connectivity index (χ1v) is 37.3. The molecule has 6 atom stereocenters. The maximum absolute atomic E-state index is 13.8. The predicted octanol–water partition coefficient (Wildman–Crippen LogP) is 17.1. The highest BCUT2D eigenvalue weighted by molar-refractivity contribution is 5.89. The molecule has 12 rings (SSSR count). The molecule has 588 valence electrons. The Morgan fingerprint density at radius 3 is 1.24 bits per heavy atom. The number of nitrogens with zero attached hydrogens (tertiary/aromatic N) is 12. The van der Waals surface area contributed by atoms with Crippen LogP contribution in [0.2, 0.25) is 0 Å². The van der Waals surface area contributed by atoms with Crippen molar-refractivity contribution in [2.45, 2.75) is 145 Å². The van der Waals surface area contributed by atoms with Crippen molar-refractivity contribution < 1.29 is 37.2 Å². The number of hydrogen-bond acceptors (Lipinski definition) is 12. The summed E-state index contributed by atoms with van der Waals surface area (Å²) >= 11 is 0. The summed E-state index contributed by atoms with van der Waals surface area (Å²) in [6.07, 6.45) is 8.61. The molecular formula is C88H126F2N12O6. The number of hydrogen-bond donors (Lipinski definition) is 0. The second-order valence-corrected chi connectivity index (χ2v) is 30.2. The maximum Gasteiger partial charge on any atom is 0.194 e. The zero-order chi connectivity index (χ0) is 79.7. The maximum atomic E-state index is 13.8. The molecule has 0 saturated carbocycles. The number of rotatable bonds is 24. The fourth-order valence-corrected chi connectivity index (χ4v) is 12.7. The Morgan fingerprint density at radius 1 is 0.315 bits per heavy atom. The van der Waals surface area contributed by atoms with Crippen LogP contribution in [-0.4, -0.2) is 220 Å². The summed E-state index contributed by atoms with van der Waals surface area (Å²) in [4.78, 5) is 13.2. The van der Waals surface area contributed by atoms with E-state index in [-0.39, 0.29) is 17.8 Å². The molecule has 6 aromatic heterocycles. The van der Waals surface area contributed by atoms with E-state index in [2.05, 4.69) is 278 Å². The molecular weight excluding hydrogens is 1360 g/mol. The molecule has 0 aliphatic rings. The molecule has 12 aromatic rings. The Morgan fingerprint density at radius 2 is 0.722 bits per heavy atom. The molecule has 20 heteroatoms.